The highest BCUT2D eigenvalue weighted by Crippen LogP contribution is 2.28. The van der Waals surface area contributed by atoms with E-state index < -0.39 is 6.10 Å². The van der Waals surface area contributed by atoms with Crippen molar-refractivity contribution in [3.8, 4) is 11.5 Å². The third-order valence-electron chi connectivity index (χ3n) is 3.36. The van der Waals surface area contributed by atoms with Crippen LogP contribution in [0.1, 0.15) is 6.92 Å². The van der Waals surface area contributed by atoms with Crippen molar-refractivity contribution in [2.24, 2.45) is 0 Å². The second kappa shape index (κ2) is 6.39. The lowest BCUT2D eigenvalue weighted by Crippen LogP contribution is -2.41. The first kappa shape index (κ1) is 14.3. The van der Waals surface area contributed by atoms with E-state index in [1.54, 1.807) is 0 Å². The fraction of sp³-hybridized carbons (Fsp3) is 0.235. The van der Waals surface area contributed by atoms with Gasteiger partial charge in [0.15, 0.2) is 6.10 Å². The van der Waals surface area contributed by atoms with E-state index in [1.165, 1.54) is 0 Å². The van der Waals surface area contributed by atoms with Crippen molar-refractivity contribution >= 4 is 17.3 Å². The Labute approximate surface area is 129 Å². The van der Waals surface area contributed by atoms with Crippen molar-refractivity contribution in [1.29, 1.82) is 0 Å². The van der Waals surface area contributed by atoms with Crippen molar-refractivity contribution in [2.45, 2.75) is 13.0 Å². The van der Waals surface area contributed by atoms with Crippen LogP contribution < -0.4 is 20.1 Å². The van der Waals surface area contributed by atoms with Gasteiger partial charge in [-0.15, -0.1) is 0 Å². The van der Waals surface area contributed by atoms with Crippen LogP contribution in [0.5, 0.6) is 11.5 Å². The summed E-state index contributed by atoms with van der Waals surface area (Å²) in [4.78, 5) is 12.3. The highest BCUT2D eigenvalue weighted by atomic mass is 16.5. The molecule has 1 amide bonds. The zero-order chi connectivity index (χ0) is 15.4. The molecule has 5 nitrogen and oxygen atoms in total. The largest absolute Gasteiger partial charge is 0.494 e. The highest BCUT2D eigenvalue weighted by molar-refractivity contribution is 5.95. The van der Waals surface area contributed by atoms with Crippen molar-refractivity contribution < 1.29 is 14.3 Å². The lowest BCUT2D eigenvalue weighted by Gasteiger charge is -2.26. The molecule has 0 bridgehead atoms. The lowest BCUT2D eigenvalue weighted by atomic mass is 10.2. The number of nitrogens with one attached hydrogen (secondary N) is 2. The normalized spacial score (nSPS) is 16.0. The van der Waals surface area contributed by atoms with E-state index in [1.807, 2.05) is 55.5 Å². The minimum atomic E-state index is -0.554. The maximum Gasteiger partial charge on any atom is 0.267 e. The van der Waals surface area contributed by atoms with Gasteiger partial charge in [0, 0.05) is 5.69 Å². The van der Waals surface area contributed by atoms with E-state index >= 15 is 0 Å². The lowest BCUT2D eigenvalue weighted by molar-refractivity contribution is -0.122. The molecule has 1 aliphatic rings. The maximum atomic E-state index is 12.3. The molecule has 1 heterocycles. The summed E-state index contributed by atoms with van der Waals surface area (Å²) in [6.45, 7) is 2.99. The second-order valence-corrected chi connectivity index (χ2v) is 4.93. The van der Waals surface area contributed by atoms with Crippen LogP contribution in [0.4, 0.5) is 11.4 Å². The van der Waals surface area contributed by atoms with Crippen LogP contribution in [0.3, 0.4) is 0 Å². The molecule has 0 aromatic heterocycles. The number of carbonyl (C=O) groups is 1. The molecule has 0 fully saturated rings. The first-order valence-electron chi connectivity index (χ1n) is 7.29. The fourth-order valence-corrected chi connectivity index (χ4v) is 2.28. The Kier molecular flexibility index (Phi) is 4.14. The Hall–Kier alpha value is -2.69. The van der Waals surface area contributed by atoms with E-state index in [4.69, 9.17) is 9.47 Å². The zero-order valence-corrected chi connectivity index (χ0v) is 12.3. The third-order valence-corrected chi connectivity index (χ3v) is 3.36. The molecular weight excluding hydrogens is 280 g/mol. The van der Waals surface area contributed by atoms with Gasteiger partial charge in [0.2, 0.25) is 0 Å². The minimum absolute atomic E-state index is 0.175. The number of carbonyl (C=O) groups excluding carboxylic acids is 1. The minimum Gasteiger partial charge on any atom is -0.494 e. The van der Waals surface area contributed by atoms with E-state index in [2.05, 4.69) is 10.6 Å². The van der Waals surface area contributed by atoms with Crippen molar-refractivity contribution in [3.05, 3.63) is 48.5 Å². The summed E-state index contributed by atoms with van der Waals surface area (Å²) in [7, 11) is 0. The molecule has 0 saturated heterocycles. The van der Waals surface area contributed by atoms with Crippen molar-refractivity contribution in [1.82, 2.24) is 0 Å². The Balaban J connectivity index is 1.63. The molecule has 2 aromatic carbocycles. The van der Waals surface area contributed by atoms with Crippen LogP contribution in [-0.4, -0.2) is 25.2 Å². The third kappa shape index (κ3) is 3.14. The van der Waals surface area contributed by atoms with E-state index in [0.29, 0.717) is 18.9 Å². The summed E-state index contributed by atoms with van der Waals surface area (Å²) in [5.41, 5.74) is 1.63. The quantitative estimate of drug-likeness (QED) is 0.911. The van der Waals surface area contributed by atoms with Gasteiger partial charge in [-0.25, -0.2) is 0 Å². The summed E-state index contributed by atoms with van der Waals surface area (Å²) in [6.07, 6.45) is -0.554. The van der Waals surface area contributed by atoms with Crippen LogP contribution in [0.2, 0.25) is 0 Å². The smallest absolute Gasteiger partial charge is 0.267 e. The molecule has 0 spiro atoms. The van der Waals surface area contributed by atoms with Gasteiger partial charge in [-0.2, -0.15) is 0 Å². The Morgan fingerprint density at radius 2 is 2.05 bits per heavy atom. The average molecular weight is 298 g/mol. The maximum absolute atomic E-state index is 12.3. The summed E-state index contributed by atoms with van der Waals surface area (Å²) in [6, 6.07) is 14.9. The first-order chi connectivity index (χ1) is 10.8. The molecular formula is C17H18N2O3. The van der Waals surface area contributed by atoms with Gasteiger partial charge in [-0.3, -0.25) is 4.79 Å². The number of rotatable bonds is 4. The van der Waals surface area contributed by atoms with Crippen molar-refractivity contribution in [3.63, 3.8) is 0 Å². The van der Waals surface area contributed by atoms with Crippen LogP contribution in [0.25, 0.3) is 0 Å². The number of anilines is 2. The number of benzene rings is 2. The number of hydrogen-bond acceptors (Lipinski definition) is 4. The number of fused-ring (bicyclic) bond motifs is 1. The molecule has 0 saturated carbocycles. The fourth-order valence-electron chi connectivity index (χ4n) is 2.28. The Morgan fingerprint density at radius 1 is 1.27 bits per heavy atom. The summed E-state index contributed by atoms with van der Waals surface area (Å²) < 4.78 is 11.1. The summed E-state index contributed by atoms with van der Waals surface area (Å²) >= 11 is 0. The number of para-hydroxylation sites is 2. The molecule has 114 valence electrons. The zero-order valence-electron chi connectivity index (χ0n) is 12.3. The molecule has 22 heavy (non-hydrogen) atoms. The number of hydrogen-bond donors (Lipinski definition) is 2. The predicted molar refractivity (Wildman–Crippen MR) is 85.6 cm³/mol. The van der Waals surface area contributed by atoms with Crippen molar-refractivity contribution in [2.75, 3.05) is 23.8 Å². The number of ether oxygens (including phenoxy) is 2. The van der Waals surface area contributed by atoms with Crippen LogP contribution >= 0.6 is 0 Å². The van der Waals surface area contributed by atoms with E-state index in [-0.39, 0.29) is 5.91 Å². The van der Waals surface area contributed by atoms with Gasteiger partial charge in [0.1, 0.15) is 11.5 Å². The number of amides is 1. The van der Waals surface area contributed by atoms with E-state index in [9.17, 15) is 4.79 Å². The van der Waals surface area contributed by atoms with Crippen LogP contribution in [-0.2, 0) is 4.79 Å². The van der Waals surface area contributed by atoms with Crippen LogP contribution in [0.15, 0.2) is 48.5 Å². The molecule has 3 rings (SSSR count). The molecule has 1 atom stereocenters. The first-order valence-corrected chi connectivity index (χ1v) is 7.29. The molecule has 2 aromatic rings. The monoisotopic (exact) mass is 298 g/mol. The van der Waals surface area contributed by atoms with E-state index in [0.717, 1.165) is 17.1 Å². The van der Waals surface area contributed by atoms with Gasteiger partial charge in [-0.1, -0.05) is 12.1 Å². The average Bonchev–Trinajstić information content (AvgIpc) is 2.56. The van der Waals surface area contributed by atoms with Gasteiger partial charge in [-0.05, 0) is 43.3 Å². The topological polar surface area (TPSA) is 59.6 Å². The Morgan fingerprint density at radius 3 is 2.82 bits per heavy atom. The predicted octanol–water partition coefficient (Wildman–Crippen LogP) is 2.90. The molecule has 2 N–H and O–H groups in total. The van der Waals surface area contributed by atoms with Crippen LogP contribution in [0, 0.1) is 0 Å². The molecule has 0 aliphatic carbocycles. The highest BCUT2D eigenvalue weighted by Gasteiger charge is 2.25. The summed E-state index contributed by atoms with van der Waals surface area (Å²) in [5.74, 6) is 1.30. The summed E-state index contributed by atoms with van der Waals surface area (Å²) in [5, 5.41) is 6.05. The Bertz CT molecular complexity index is 655. The van der Waals surface area contributed by atoms with Gasteiger partial charge in [0.05, 0.1) is 18.8 Å². The SMILES string of the molecule is CCOc1ccc(NC(=O)C2CNc3ccccc3O2)cc1. The van der Waals surface area contributed by atoms with Gasteiger partial charge in [0.25, 0.3) is 5.91 Å². The molecule has 0 radical (unpaired) electrons. The molecule has 5 heteroatoms. The standard InChI is InChI=1S/C17H18N2O3/c1-2-21-13-9-7-12(8-10-13)19-17(20)16-11-18-14-5-3-4-6-15(14)22-16/h3-10,16,18H,2,11H2,1H3,(H,19,20). The molecule has 1 aliphatic heterocycles. The molecule has 1 unspecified atom stereocenters. The van der Waals surface area contributed by atoms with Gasteiger partial charge < -0.3 is 20.1 Å². The second-order valence-electron chi connectivity index (χ2n) is 4.93. The van der Waals surface area contributed by atoms with Gasteiger partial charge >= 0.3 is 0 Å².